The molecular formula is H4ClLaNaO4S. The first kappa shape index (κ1) is 22.4. The molecule has 1 radical (unpaired) electrons. The van der Waals surface area contributed by atoms with Crippen molar-refractivity contribution in [1.29, 1.82) is 0 Å². The first-order valence-corrected chi connectivity index (χ1v) is 2.10. The van der Waals surface area contributed by atoms with Crippen molar-refractivity contribution in [2.24, 2.45) is 0 Å². The van der Waals surface area contributed by atoms with E-state index in [0.717, 1.165) is 0 Å². The third-order valence-electron chi connectivity index (χ3n) is 0. The fourth-order valence-electron chi connectivity index (χ4n) is 0. The van der Waals surface area contributed by atoms with Gasteiger partial charge < -0.3 is 0 Å². The first-order chi connectivity index (χ1) is 2.00. The van der Waals surface area contributed by atoms with Crippen LogP contribution in [-0.2, 0) is 10.4 Å². The van der Waals surface area contributed by atoms with Crippen molar-refractivity contribution in [3.8, 4) is 0 Å². The van der Waals surface area contributed by atoms with E-state index in [2.05, 4.69) is 0 Å². The summed E-state index contributed by atoms with van der Waals surface area (Å²) in [6, 6.07) is 0. The molecule has 0 atom stereocenters. The van der Waals surface area contributed by atoms with Crippen molar-refractivity contribution in [2.45, 2.75) is 0 Å². The van der Waals surface area contributed by atoms with Gasteiger partial charge in [-0.3, -0.25) is 9.11 Å². The molecule has 0 spiro atoms. The summed E-state index contributed by atoms with van der Waals surface area (Å²) < 4.78 is 31.6. The van der Waals surface area contributed by atoms with Crippen molar-refractivity contribution in [3.05, 3.63) is 0 Å². The summed E-state index contributed by atoms with van der Waals surface area (Å²) in [5.74, 6) is 0. The van der Waals surface area contributed by atoms with Crippen molar-refractivity contribution in [2.75, 3.05) is 0 Å². The molecule has 0 heterocycles. The summed E-state index contributed by atoms with van der Waals surface area (Å²) >= 11 is 0. The third-order valence-corrected chi connectivity index (χ3v) is 0. The Morgan fingerprint density at radius 1 is 1.12 bits per heavy atom. The van der Waals surface area contributed by atoms with Gasteiger partial charge in [-0.15, -0.1) is 12.4 Å². The van der Waals surface area contributed by atoms with Gasteiger partial charge >= 0.3 is 40.0 Å². The van der Waals surface area contributed by atoms with E-state index in [1.807, 2.05) is 0 Å². The minimum atomic E-state index is -4.67. The van der Waals surface area contributed by atoms with Gasteiger partial charge in [0, 0.05) is 35.6 Å². The van der Waals surface area contributed by atoms with E-state index in [-0.39, 0.29) is 77.6 Å². The van der Waals surface area contributed by atoms with Gasteiger partial charge in [0.1, 0.15) is 0 Å². The quantitative estimate of drug-likeness (QED) is 0.450. The van der Waals surface area contributed by atoms with Crippen LogP contribution in [-0.4, -0.2) is 47.1 Å². The van der Waals surface area contributed by atoms with Crippen LogP contribution in [0.2, 0.25) is 0 Å². The van der Waals surface area contributed by atoms with Gasteiger partial charge in [-0.1, -0.05) is 0 Å². The Morgan fingerprint density at radius 2 is 1.12 bits per heavy atom. The summed E-state index contributed by atoms with van der Waals surface area (Å²) in [7, 11) is -4.67. The summed E-state index contributed by atoms with van der Waals surface area (Å²) in [6.07, 6.45) is 0. The molecule has 4 nitrogen and oxygen atoms in total. The predicted octanol–water partition coefficient (Wildman–Crippen LogP) is -0.879. The first-order valence-electron chi connectivity index (χ1n) is 0.698. The van der Waals surface area contributed by atoms with E-state index in [1.165, 1.54) is 0 Å². The molecule has 0 aliphatic carbocycles. The third kappa shape index (κ3) is 81.5. The SMILES string of the molecule is Cl.O=S(=O)(O)O.[La].[NaH]. The molecule has 0 unspecified atom stereocenters. The van der Waals surface area contributed by atoms with Crippen LogP contribution >= 0.6 is 12.4 Å². The second-order valence-corrected chi connectivity index (χ2v) is 1.34. The maximum atomic E-state index is 8.74. The van der Waals surface area contributed by atoms with E-state index >= 15 is 0 Å². The van der Waals surface area contributed by atoms with Crippen LogP contribution in [0.3, 0.4) is 0 Å². The van der Waals surface area contributed by atoms with Crippen LogP contribution in [0.5, 0.6) is 0 Å². The zero-order valence-corrected chi connectivity index (χ0v) is 8.36. The van der Waals surface area contributed by atoms with E-state index in [0.29, 0.717) is 0 Å². The molecule has 0 aliphatic rings. The van der Waals surface area contributed by atoms with Crippen LogP contribution < -0.4 is 0 Å². The van der Waals surface area contributed by atoms with Gasteiger partial charge in [0.05, 0.1) is 0 Å². The number of hydrogen-bond donors (Lipinski definition) is 2. The van der Waals surface area contributed by atoms with Gasteiger partial charge in [-0.25, -0.2) is 0 Å². The molecule has 0 amide bonds. The molecule has 0 fully saturated rings. The average molecular weight is 297 g/mol. The van der Waals surface area contributed by atoms with Crippen LogP contribution in [0.4, 0.5) is 0 Å². The summed E-state index contributed by atoms with van der Waals surface area (Å²) in [6.45, 7) is 0. The molecule has 2 N–H and O–H groups in total. The molecule has 45 valence electrons. The summed E-state index contributed by atoms with van der Waals surface area (Å²) in [5, 5.41) is 0. The van der Waals surface area contributed by atoms with Crippen LogP contribution in [0.1, 0.15) is 0 Å². The number of rotatable bonds is 0. The Kier molecular flexibility index (Phi) is 26.2. The van der Waals surface area contributed by atoms with Gasteiger partial charge in [-0.05, 0) is 0 Å². The molecule has 0 rings (SSSR count). The van der Waals surface area contributed by atoms with E-state index in [9.17, 15) is 0 Å². The van der Waals surface area contributed by atoms with Gasteiger partial charge in [0.25, 0.3) is 0 Å². The Bertz CT molecular complexity index is 99.2. The Hall–Kier alpha value is 2.35. The molecule has 0 aromatic rings. The fraction of sp³-hybridized carbons (Fsp3) is 0. The van der Waals surface area contributed by atoms with Crippen LogP contribution in [0, 0.1) is 35.6 Å². The zero-order valence-electron chi connectivity index (χ0n) is 3.10. The second kappa shape index (κ2) is 9.35. The monoisotopic (exact) mass is 297 g/mol. The van der Waals surface area contributed by atoms with Crippen molar-refractivity contribution >= 4 is 52.4 Å². The van der Waals surface area contributed by atoms with E-state index in [4.69, 9.17) is 17.5 Å². The molecular weight excluding hydrogens is 293 g/mol. The number of halogens is 1. The fourth-order valence-corrected chi connectivity index (χ4v) is 0. The van der Waals surface area contributed by atoms with Crippen molar-refractivity contribution < 1.29 is 53.1 Å². The predicted molar refractivity (Wildman–Crippen MR) is 28.6 cm³/mol. The normalized spacial score (nSPS) is 7.25. The number of hydrogen-bond acceptors (Lipinski definition) is 2. The molecule has 0 aromatic heterocycles. The molecule has 0 aromatic carbocycles. The average Bonchev–Trinajstić information content (AvgIpc) is 0.722. The van der Waals surface area contributed by atoms with E-state index < -0.39 is 10.4 Å². The zero-order chi connectivity index (χ0) is 4.50. The Balaban J connectivity index is -0.0000000267. The molecule has 0 bridgehead atoms. The molecule has 8 heavy (non-hydrogen) atoms. The van der Waals surface area contributed by atoms with Crippen LogP contribution in [0.15, 0.2) is 0 Å². The second-order valence-electron chi connectivity index (χ2n) is 0.448. The van der Waals surface area contributed by atoms with Crippen molar-refractivity contribution in [3.63, 3.8) is 0 Å². The Morgan fingerprint density at radius 3 is 1.12 bits per heavy atom. The molecule has 0 saturated heterocycles. The Labute approximate surface area is 104 Å². The molecule has 8 heteroatoms. The van der Waals surface area contributed by atoms with Gasteiger partial charge in [0.2, 0.25) is 0 Å². The van der Waals surface area contributed by atoms with Gasteiger partial charge in [0.15, 0.2) is 0 Å². The molecule has 0 saturated carbocycles. The summed E-state index contributed by atoms with van der Waals surface area (Å²) in [5.41, 5.74) is 0. The van der Waals surface area contributed by atoms with E-state index in [1.54, 1.807) is 0 Å². The van der Waals surface area contributed by atoms with Crippen molar-refractivity contribution in [1.82, 2.24) is 0 Å². The molecule has 0 aliphatic heterocycles. The topological polar surface area (TPSA) is 74.6 Å². The van der Waals surface area contributed by atoms with Crippen LogP contribution in [0.25, 0.3) is 0 Å². The standard InChI is InChI=1S/ClH.La.Na.H2O4S.H/c;;;1-5(2,3)4;/h1H;;;(H2,1,2,3,4);. The van der Waals surface area contributed by atoms with Gasteiger partial charge in [-0.2, -0.15) is 8.42 Å². The maximum absolute atomic E-state index is 8.74. The minimum absolute atomic E-state index is 0. The summed E-state index contributed by atoms with van der Waals surface area (Å²) in [4.78, 5) is 0.